The van der Waals surface area contributed by atoms with E-state index in [9.17, 15) is 0 Å². The van der Waals surface area contributed by atoms with Gasteiger partial charge in [-0.1, -0.05) is 54.1 Å². The molecule has 0 saturated heterocycles. The normalized spacial score (nSPS) is 11.4. The number of nitrogens with zero attached hydrogens (tertiary/aromatic N) is 2. The Labute approximate surface area is 189 Å². The van der Waals surface area contributed by atoms with E-state index in [0.29, 0.717) is 16.0 Å². The Morgan fingerprint density at radius 1 is 0.774 bits per heavy atom. The van der Waals surface area contributed by atoms with E-state index in [0.717, 1.165) is 39.0 Å². The number of furan rings is 1. The zero-order valence-corrected chi connectivity index (χ0v) is 17.8. The first-order chi connectivity index (χ1) is 15.2. The smallest absolute Gasteiger partial charge is 0.193 e. The molecule has 5 heteroatoms. The van der Waals surface area contributed by atoms with Gasteiger partial charge in [0, 0.05) is 16.0 Å². The van der Waals surface area contributed by atoms with Crippen LogP contribution < -0.4 is 0 Å². The Hall–Kier alpha value is -3.40. The van der Waals surface area contributed by atoms with Gasteiger partial charge in [-0.3, -0.25) is 4.99 Å². The molecule has 0 amide bonds. The fourth-order valence-electron chi connectivity index (χ4n) is 3.46. The third-order valence-corrected chi connectivity index (χ3v) is 5.39. The highest BCUT2D eigenvalue weighted by molar-refractivity contribution is 6.31. The number of aromatic nitrogens is 1. The summed E-state index contributed by atoms with van der Waals surface area (Å²) in [4.78, 5) is 9.31. The van der Waals surface area contributed by atoms with Crippen LogP contribution in [0.2, 0.25) is 10.2 Å². The lowest BCUT2D eigenvalue weighted by molar-refractivity contribution is 0.562. The molecule has 31 heavy (non-hydrogen) atoms. The summed E-state index contributed by atoms with van der Waals surface area (Å²) in [5.41, 5.74) is 5.83. The summed E-state index contributed by atoms with van der Waals surface area (Å²) >= 11 is 12.1. The van der Waals surface area contributed by atoms with Gasteiger partial charge in [0.1, 0.15) is 5.76 Å². The first-order valence-corrected chi connectivity index (χ1v) is 10.5. The molecule has 0 radical (unpaired) electrons. The van der Waals surface area contributed by atoms with Gasteiger partial charge in [-0.25, -0.2) is 4.98 Å². The maximum atomic E-state index is 6.27. The second kappa shape index (κ2) is 8.38. The Bertz CT molecular complexity index is 1390. The molecule has 150 valence electrons. The van der Waals surface area contributed by atoms with Gasteiger partial charge in [0.15, 0.2) is 5.22 Å². The average molecular weight is 443 g/mol. The first kappa shape index (κ1) is 19.6. The van der Waals surface area contributed by atoms with Crippen molar-refractivity contribution in [2.24, 2.45) is 4.99 Å². The number of benzene rings is 3. The summed E-state index contributed by atoms with van der Waals surface area (Å²) in [5, 5.41) is 2.06. The molecule has 5 rings (SSSR count). The van der Waals surface area contributed by atoms with E-state index in [1.807, 2.05) is 60.7 Å². The summed E-state index contributed by atoms with van der Waals surface area (Å²) < 4.78 is 5.30. The first-order valence-electron chi connectivity index (χ1n) is 9.71. The maximum Gasteiger partial charge on any atom is 0.193 e. The SMILES string of the molecule is Clc1ccc2nc(-c3ccc(N=Cc4ccc(Cl)o4)cc3)cc(-c3ccccc3)c2c1. The molecule has 0 spiro atoms. The summed E-state index contributed by atoms with van der Waals surface area (Å²) in [6.07, 6.45) is 1.65. The van der Waals surface area contributed by atoms with Crippen molar-refractivity contribution < 1.29 is 4.42 Å². The molecule has 0 N–H and O–H groups in total. The third kappa shape index (κ3) is 4.24. The lowest BCUT2D eigenvalue weighted by Crippen LogP contribution is -1.90. The molecule has 0 aliphatic carbocycles. The van der Waals surface area contributed by atoms with Crippen LogP contribution in [0.15, 0.2) is 100 Å². The Kier molecular flexibility index (Phi) is 5.29. The minimum Gasteiger partial charge on any atom is -0.444 e. The van der Waals surface area contributed by atoms with Crippen molar-refractivity contribution in [3.8, 4) is 22.4 Å². The summed E-state index contributed by atoms with van der Waals surface area (Å²) in [5.74, 6) is 0.608. The van der Waals surface area contributed by atoms with Crippen molar-refractivity contribution in [3.63, 3.8) is 0 Å². The standard InChI is InChI=1S/C26H16Cl2N2O/c27-19-8-12-24-23(14-19)22(17-4-2-1-3-5-17)15-25(30-24)18-6-9-20(10-7-18)29-16-21-11-13-26(28)31-21/h1-16H. The highest BCUT2D eigenvalue weighted by Gasteiger charge is 2.10. The van der Waals surface area contributed by atoms with Gasteiger partial charge in [0.05, 0.1) is 23.1 Å². The molecular weight excluding hydrogens is 427 g/mol. The van der Waals surface area contributed by atoms with Crippen molar-refractivity contribution in [1.29, 1.82) is 0 Å². The van der Waals surface area contributed by atoms with Crippen LogP contribution in [0.1, 0.15) is 5.76 Å². The number of fused-ring (bicyclic) bond motifs is 1. The largest absolute Gasteiger partial charge is 0.444 e. The molecule has 3 aromatic carbocycles. The zero-order chi connectivity index (χ0) is 21.2. The summed E-state index contributed by atoms with van der Waals surface area (Å²) in [6, 6.07) is 29.6. The molecule has 0 aliphatic rings. The van der Waals surface area contributed by atoms with Crippen LogP contribution in [0.4, 0.5) is 5.69 Å². The van der Waals surface area contributed by atoms with Crippen LogP contribution in [0.3, 0.4) is 0 Å². The molecule has 5 aromatic rings. The van der Waals surface area contributed by atoms with Crippen LogP contribution in [0.25, 0.3) is 33.3 Å². The molecule has 2 heterocycles. The van der Waals surface area contributed by atoms with E-state index in [4.69, 9.17) is 32.6 Å². The Morgan fingerprint density at radius 2 is 1.58 bits per heavy atom. The average Bonchev–Trinajstić information content (AvgIpc) is 3.23. The van der Waals surface area contributed by atoms with E-state index in [2.05, 4.69) is 23.2 Å². The lowest BCUT2D eigenvalue weighted by atomic mass is 9.98. The van der Waals surface area contributed by atoms with Gasteiger partial charge in [-0.2, -0.15) is 0 Å². The number of halogens is 2. The van der Waals surface area contributed by atoms with Gasteiger partial charge in [0.2, 0.25) is 0 Å². The molecule has 0 aliphatic heterocycles. The van der Waals surface area contributed by atoms with E-state index >= 15 is 0 Å². The second-order valence-electron chi connectivity index (χ2n) is 7.03. The van der Waals surface area contributed by atoms with Gasteiger partial charge >= 0.3 is 0 Å². The predicted octanol–water partition coefficient (Wildman–Crippen LogP) is 8.22. The topological polar surface area (TPSA) is 38.4 Å². The molecule has 2 aromatic heterocycles. The minimum atomic E-state index is 0.342. The van der Waals surface area contributed by atoms with Crippen LogP contribution in [-0.2, 0) is 0 Å². The van der Waals surface area contributed by atoms with E-state index in [1.165, 1.54) is 0 Å². The van der Waals surface area contributed by atoms with E-state index < -0.39 is 0 Å². The highest BCUT2D eigenvalue weighted by atomic mass is 35.5. The van der Waals surface area contributed by atoms with E-state index in [-0.39, 0.29) is 0 Å². The fourth-order valence-corrected chi connectivity index (χ4v) is 3.78. The number of pyridine rings is 1. The number of hydrogen-bond acceptors (Lipinski definition) is 3. The monoisotopic (exact) mass is 442 g/mol. The van der Waals surface area contributed by atoms with Gasteiger partial charge < -0.3 is 4.42 Å². The molecular formula is C26H16Cl2N2O. The highest BCUT2D eigenvalue weighted by Crippen LogP contribution is 2.34. The fraction of sp³-hybridized carbons (Fsp3) is 0. The second-order valence-corrected chi connectivity index (χ2v) is 7.84. The predicted molar refractivity (Wildman–Crippen MR) is 129 cm³/mol. The van der Waals surface area contributed by atoms with Gasteiger partial charge in [0.25, 0.3) is 0 Å². The number of aliphatic imine (C=N–C) groups is 1. The molecule has 0 unspecified atom stereocenters. The maximum absolute atomic E-state index is 6.27. The summed E-state index contributed by atoms with van der Waals surface area (Å²) in [7, 11) is 0. The minimum absolute atomic E-state index is 0.342. The van der Waals surface area contributed by atoms with Crippen LogP contribution in [0, 0.1) is 0 Å². The van der Waals surface area contributed by atoms with Crippen molar-refractivity contribution >= 4 is 46.0 Å². The van der Waals surface area contributed by atoms with Crippen molar-refractivity contribution in [2.45, 2.75) is 0 Å². The van der Waals surface area contributed by atoms with Crippen molar-refractivity contribution in [3.05, 3.63) is 107 Å². The van der Waals surface area contributed by atoms with Crippen molar-refractivity contribution in [2.75, 3.05) is 0 Å². The Balaban J connectivity index is 1.54. The number of rotatable bonds is 4. The van der Waals surface area contributed by atoms with Crippen molar-refractivity contribution in [1.82, 2.24) is 4.98 Å². The number of hydrogen-bond donors (Lipinski definition) is 0. The van der Waals surface area contributed by atoms with E-state index in [1.54, 1.807) is 18.3 Å². The molecule has 0 saturated carbocycles. The third-order valence-electron chi connectivity index (χ3n) is 4.95. The molecule has 0 fully saturated rings. The summed E-state index contributed by atoms with van der Waals surface area (Å²) in [6.45, 7) is 0. The molecule has 0 bridgehead atoms. The van der Waals surface area contributed by atoms with Crippen LogP contribution in [-0.4, -0.2) is 11.2 Å². The Morgan fingerprint density at radius 3 is 2.32 bits per heavy atom. The van der Waals surface area contributed by atoms with Gasteiger partial charge in [-0.05, 0) is 71.3 Å². The molecule has 0 atom stereocenters. The lowest BCUT2D eigenvalue weighted by Gasteiger charge is -2.11. The molecule has 3 nitrogen and oxygen atoms in total. The quantitative estimate of drug-likeness (QED) is 0.263. The van der Waals surface area contributed by atoms with Crippen LogP contribution >= 0.6 is 23.2 Å². The van der Waals surface area contributed by atoms with Gasteiger partial charge in [-0.15, -0.1) is 0 Å². The van der Waals surface area contributed by atoms with Crippen LogP contribution in [0.5, 0.6) is 0 Å². The zero-order valence-electron chi connectivity index (χ0n) is 16.3.